The molecule has 1 aliphatic heterocycles. The van der Waals surface area contributed by atoms with Crippen molar-refractivity contribution in [1.82, 2.24) is 9.78 Å². The van der Waals surface area contributed by atoms with Crippen LogP contribution in [0.4, 0.5) is 5.82 Å². The number of rotatable bonds is 3. The van der Waals surface area contributed by atoms with Crippen LogP contribution in [-0.4, -0.2) is 29.2 Å². The van der Waals surface area contributed by atoms with Gasteiger partial charge in [0.25, 0.3) is 0 Å². The SMILES string of the molecule is CCC1CCN(c2c(C=O)c(C)nn2C)C1. The highest BCUT2D eigenvalue weighted by Crippen LogP contribution is 2.28. The minimum atomic E-state index is 0.749. The van der Waals surface area contributed by atoms with Gasteiger partial charge in [0.2, 0.25) is 0 Å². The number of anilines is 1. The van der Waals surface area contributed by atoms with E-state index < -0.39 is 0 Å². The van der Waals surface area contributed by atoms with Gasteiger partial charge in [-0.15, -0.1) is 0 Å². The lowest BCUT2D eigenvalue weighted by atomic mass is 10.1. The molecule has 2 heterocycles. The Bertz CT molecular complexity index is 397. The summed E-state index contributed by atoms with van der Waals surface area (Å²) in [5, 5.41) is 4.32. The maximum absolute atomic E-state index is 11.1. The number of aromatic nitrogens is 2. The summed E-state index contributed by atoms with van der Waals surface area (Å²) < 4.78 is 1.83. The standard InChI is InChI=1S/C12H19N3O/c1-4-10-5-6-15(7-10)12-11(8-16)9(2)13-14(12)3/h8,10H,4-7H2,1-3H3. The second-order valence-corrected chi connectivity index (χ2v) is 4.57. The first kappa shape index (κ1) is 11.2. The van der Waals surface area contributed by atoms with Crippen LogP contribution in [0.15, 0.2) is 0 Å². The van der Waals surface area contributed by atoms with Gasteiger partial charge in [-0.25, -0.2) is 0 Å². The van der Waals surface area contributed by atoms with Gasteiger partial charge in [-0.1, -0.05) is 13.3 Å². The molecule has 4 nitrogen and oxygen atoms in total. The zero-order chi connectivity index (χ0) is 11.7. The van der Waals surface area contributed by atoms with Crippen LogP contribution in [0, 0.1) is 12.8 Å². The minimum Gasteiger partial charge on any atom is -0.356 e. The van der Waals surface area contributed by atoms with Gasteiger partial charge >= 0.3 is 0 Å². The van der Waals surface area contributed by atoms with Crippen LogP contribution in [0.1, 0.15) is 35.8 Å². The summed E-state index contributed by atoms with van der Waals surface area (Å²) >= 11 is 0. The maximum Gasteiger partial charge on any atom is 0.155 e. The third kappa shape index (κ3) is 1.72. The molecule has 1 atom stereocenters. The molecule has 0 bridgehead atoms. The molecule has 0 N–H and O–H groups in total. The molecule has 1 aromatic rings. The molecule has 1 aliphatic rings. The molecule has 2 rings (SSSR count). The van der Waals surface area contributed by atoms with Crippen molar-refractivity contribution in [2.45, 2.75) is 26.7 Å². The van der Waals surface area contributed by atoms with Crippen LogP contribution in [0.5, 0.6) is 0 Å². The van der Waals surface area contributed by atoms with Crippen LogP contribution < -0.4 is 4.90 Å². The molecule has 88 valence electrons. The zero-order valence-corrected chi connectivity index (χ0v) is 10.2. The van der Waals surface area contributed by atoms with Gasteiger partial charge in [0.1, 0.15) is 5.82 Å². The molecule has 16 heavy (non-hydrogen) atoms. The summed E-state index contributed by atoms with van der Waals surface area (Å²) in [5.41, 5.74) is 1.58. The molecule has 1 aromatic heterocycles. The van der Waals surface area contributed by atoms with E-state index >= 15 is 0 Å². The number of hydrogen-bond donors (Lipinski definition) is 0. The highest BCUT2D eigenvalue weighted by molar-refractivity contribution is 5.84. The molecule has 1 saturated heterocycles. The number of aryl methyl sites for hydroxylation is 2. The first-order valence-electron chi connectivity index (χ1n) is 5.91. The molecule has 4 heteroatoms. The predicted octanol–water partition coefficient (Wildman–Crippen LogP) is 1.78. The minimum absolute atomic E-state index is 0.749. The van der Waals surface area contributed by atoms with Crippen molar-refractivity contribution in [3.05, 3.63) is 11.3 Å². The molecule has 1 unspecified atom stereocenters. The summed E-state index contributed by atoms with van der Waals surface area (Å²) in [6.07, 6.45) is 3.36. The number of hydrogen-bond acceptors (Lipinski definition) is 3. The normalized spacial score (nSPS) is 20.4. The molecule has 0 radical (unpaired) electrons. The maximum atomic E-state index is 11.1. The average Bonchev–Trinajstić information content (AvgIpc) is 2.82. The van der Waals surface area contributed by atoms with Crippen molar-refractivity contribution in [3.63, 3.8) is 0 Å². The molecule has 1 fully saturated rings. The molecule has 0 aliphatic carbocycles. The summed E-state index contributed by atoms with van der Waals surface area (Å²) in [4.78, 5) is 13.4. The van der Waals surface area contributed by atoms with Gasteiger partial charge < -0.3 is 4.90 Å². The lowest BCUT2D eigenvalue weighted by Crippen LogP contribution is -2.23. The number of carbonyl (C=O) groups excluding carboxylic acids is 1. The second-order valence-electron chi connectivity index (χ2n) is 4.57. The molecule has 0 spiro atoms. The van der Waals surface area contributed by atoms with Gasteiger partial charge in [-0.2, -0.15) is 5.10 Å². The molecular formula is C12H19N3O. The third-order valence-corrected chi connectivity index (χ3v) is 3.52. The fourth-order valence-corrected chi connectivity index (χ4v) is 2.53. The van der Waals surface area contributed by atoms with Gasteiger partial charge in [-0.05, 0) is 19.3 Å². The molecule has 0 saturated carbocycles. The van der Waals surface area contributed by atoms with Crippen LogP contribution in [-0.2, 0) is 7.05 Å². The van der Waals surface area contributed by atoms with E-state index in [0.29, 0.717) is 0 Å². The van der Waals surface area contributed by atoms with Crippen LogP contribution in [0.25, 0.3) is 0 Å². The van der Waals surface area contributed by atoms with E-state index in [9.17, 15) is 4.79 Å². The van der Waals surface area contributed by atoms with Gasteiger partial charge in [0.05, 0.1) is 11.3 Å². The Balaban J connectivity index is 2.30. The van der Waals surface area contributed by atoms with E-state index in [1.54, 1.807) is 0 Å². The number of aldehydes is 1. The Morgan fingerprint density at radius 2 is 2.31 bits per heavy atom. The Kier molecular flexibility index (Phi) is 2.99. The summed E-state index contributed by atoms with van der Waals surface area (Å²) in [6.45, 7) is 6.21. The Labute approximate surface area is 96.2 Å². The monoisotopic (exact) mass is 221 g/mol. The average molecular weight is 221 g/mol. The van der Waals surface area contributed by atoms with Crippen molar-refractivity contribution in [2.24, 2.45) is 13.0 Å². The highest BCUT2D eigenvalue weighted by Gasteiger charge is 2.26. The van der Waals surface area contributed by atoms with Crippen LogP contribution in [0.3, 0.4) is 0 Å². The number of carbonyl (C=O) groups is 1. The topological polar surface area (TPSA) is 38.1 Å². The fourth-order valence-electron chi connectivity index (χ4n) is 2.53. The van der Waals surface area contributed by atoms with Crippen molar-refractivity contribution in [3.8, 4) is 0 Å². The summed E-state index contributed by atoms with van der Waals surface area (Å²) in [7, 11) is 1.91. The third-order valence-electron chi connectivity index (χ3n) is 3.52. The summed E-state index contributed by atoms with van der Waals surface area (Å²) in [5.74, 6) is 1.75. The Morgan fingerprint density at radius 1 is 1.56 bits per heavy atom. The first-order chi connectivity index (χ1) is 7.67. The van der Waals surface area contributed by atoms with Crippen molar-refractivity contribution >= 4 is 12.1 Å². The van der Waals surface area contributed by atoms with Crippen molar-refractivity contribution in [1.29, 1.82) is 0 Å². The zero-order valence-electron chi connectivity index (χ0n) is 10.2. The lowest BCUT2D eigenvalue weighted by molar-refractivity contribution is 0.112. The van der Waals surface area contributed by atoms with Gasteiger partial charge in [0.15, 0.2) is 6.29 Å². The van der Waals surface area contributed by atoms with Crippen LogP contribution in [0.2, 0.25) is 0 Å². The largest absolute Gasteiger partial charge is 0.356 e. The van der Waals surface area contributed by atoms with E-state index in [-0.39, 0.29) is 0 Å². The quantitative estimate of drug-likeness (QED) is 0.730. The fraction of sp³-hybridized carbons (Fsp3) is 0.667. The molecular weight excluding hydrogens is 202 g/mol. The van der Waals surface area contributed by atoms with E-state index in [1.807, 2.05) is 18.7 Å². The van der Waals surface area contributed by atoms with E-state index in [2.05, 4.69) is 16.9 Å². The van der Waals surface area contributed by atoms with E-state index in [4.69, 9.17) is 0 Å². The van der Waals surface area contributed by atoms with Gasteiger partial charge in [-0.3, -0.25) is 9.48 Å². The second kappa shape index (κ2) is 4.28. The molecule has 0 aromatic carbocycles. The predicted molar refractivity (Wildman–Crippen MR) is 63.9 cm³/mol. The van der Waals surface area contributed by atoms with E-state index in [1.165, 1.54) is 12.8 Å². The first-order valence-corrected chi connectivity index (χ1v) is 5.91. The summed E-state index contributed by atoms with van der Waals surface area (Å²) in [6, 6.07) is 0. The Morgan fingerprint density at radius 3 is 2.88 bits per heavy atom. The van der Waals surface area contributed by atoms with Gasteiger partial charge in [0, 0.05) is 20.1 Å². The lowest BCUT2D eigenvalue weighted by Gasteiger charge is -2.19. The van der Waals surface area contributed by atoms with E-state index in [0.717, 1.165) is 42.4 Å². The number of nitrogens with zero attached hydrogens (tertiary/aromatic N) is 3. The highest BCUT2D eigenvalue weighted by atomic mass is 16.1. The van der Waals surface area contributed by atoms with Crippen molar-refractivity contribution < 1.29 is 4.79 Å². The van der Waals surface area contributed by atoms with Crippen LogP contribution >= 0.6 is 0 Å². The smallest absolute Gasteiger partial charge is 0.155 e. The molecule has 0 amide bonds. The Hall–Kier alpha value is -1.32. The van der Waals surface area contributed by atoms with Crippen molar-refractivity contribution in [2.75, 3.05) is 18.0 Å².